The Bertz CT molecular complexity index is 1710. The van der Waals surface area contributed by atoms with Crippen LogP contribution >= 0.6 is 0 Å². The van der Waals surface area contributed by atoms with Crippen molar-refractivity contribution in [2.75, 3.05) is 13.1 Å². The van der Waals surface area contributed by atoms with Gasteiger partial charge in [0.05, 0.1) is 29.2 Å². The summed E-state index contributed by atoms with van der Waals surface area (Å²) in [6.07, 6.45) is 7.30. The predicted molar refractivity (Wildman–Crippen MR) is 138 cm³/mol. The Kier molecular flexibility index (Phi) is 5.65. The first-order valence-corrected chi connectivity index (χ1v) is 13.6. The number of fused-ring (bicyclic) bond motifs is 2. The molecule has 0 N–H and O–H groups in total. The van der Waals surface area contributed by atoms with Crippen LogP contribution in [0, 0.1) is 18.2 Å². The highest BCUT2D eigenvalue weighted by atomic mass is 32.2. The van der Waals surface area contributed by atoms with Crippen molar-refractivity contribution < 1.29 is 17.6 Å². The Morgan fingerprint density at radius 1 is 1.08 bits per heavy atom. The third-order valence-electron chi connectivity index (χ3n) is 7.41. The zero-order valence-corrected chi connectivity index (χ0v) is 21.7. The van der Waals surface area contributed by atoms with E-state index in [4.69, 9.17) is 0 Å². The Morgan fingerprint density at radius 2 is 1.87 bits per heavy atom. The van der Waals surface area contributed by atoms with E-state index in [1.54, 1.807) is 42.3 Å². The van der Waals surface area contributed by atoms with Crippen molar-refractivity contribution in [3.63, 3.8) is 0 Å². The lowest BCUT2D eigenvalue weighted by Gasteiger charge is -2.44. The number of pyridine rings is 1. The second kappa shape index (κ2) is 8.81. The van der Waals surface area contributed by atoms with Gasteiger partial charge in [0.2, 0.25) is 0 Å². The molecule has 1 atom stereocenters. The quantitative estimate of drug-likeness (QED) is 0.365. The van der Waals surface area contributed by atoms with E-state index in [2.05, 4.69) is 15.2 Å². The van der Waals surface area contributed by atoms with Gasteiger partial charge in [0.25, 0.3) is 10.0 Å². The van der Waals surface area contributed by atoms with Crippen molar-refractivity contribution in [2.24, 2.45) is 12.5 Å². The maximum atomic E-state index is 14.2. The van der Waals surface area contributed by atoms with Crippen LogP contribution in [0.2, 0.25) is 0 Å². The van der Waals surface area contributed by atoms with Crippen molar-refractivity contribution in [1.29, 1.82) is 0 Å². The summed E-state index contributed by atoms with van der Waals surface area (Å²) in [5.74, 6) is -0.567. The van der Waals surface area contributed by atoms with Crippen LogP contribution in [-0.4, -0.2) is 56.1 Å². The Balaban J connectivity index is 1.47. The number of carbonyl (C=O) groups excluding carboxylic acids is 1. The van der Waals surface area contributed by atoms with Gasteiger partial charge in [-0.25, -0.2) is 17.5 Å². The summed E-state index contributed by atoms with van der Waals surface area (Å²) in [5.41, 5.74) is 3.17. The second-order valence-electron chi connectivity index (χ2n) is 9.80. The van der Waals surface area contributed by atoms with E-state index < -0.39 is 15.4 Å². The SMILES string of the molecule is Cc1ccnc(C(=O)C23Cc4cnn(-c5ccc(F)cc5)c4C=C2CCN(S(=O)(=O)c2ccnn2C)C3)c1. The van der Waals surface area contributed by atoms with E-state index in [0.29, 0.717) is 17.8 Å². The number of hydrogen-bond donors (Lipinski definition) is 0. The highest BCUT2D eigenvalue weighted by Gasteiger charge is 2.51. The molecule has 9 nitrogen and oxygen atoms in total. The van der Waals surface area contributed by atoms with Gasteiger partial charge in [0.15, 0.2) is 10.8 Å². The van der Waals surface area contributed by atoms with E-state index in [1.807, 2.05) is 19.1 Å². The van der Waals surface area contributed by atoms with E-state index in [1.165, 1.54) is 33.4 Å². The van der Waals surface area contributed by atoms with Crippen LogP contribution in [0.1, 0.15) is 33.7 Å². The van der Waals surface area contributed by atoms with Crippen LogP contribution in [-0.2, 0) is 23.5 Å². The molecule has 194 valence electrons. The Hall–Kier alpha value is -3.96. The highest BCUT2D eigenvalue weighted by molar-refractivity contribution is 7.89. The summed E-state index contributed by atoms with van der Waals surface area (Å²) in [4.78, 5) is 18.6. The van der Waals surface area contributed by atoms with Crippen LogP contribution in [0.3, 0.4) is 0 Å². The number of benzene rings is 1. The van der Waals surface area contributed by atoms with E-state index >= 15 is 0 Å². The molecule has 1 aliphatic heterocycles. The minimum absolute atomic E-state index is 0.0258. The molecule has 1 aliphatic carbocycles. The first-order valence-electron chi connectivity index (χ1n) is 12.2. The largest absolute Gasteiger partial charge is 0.291 e. The Labute approximate surface area is 219 Å². The molecule has 0 radical (unpaired) electrons. The van der Waals surface area contributed by atoms with Gasteiger partial charge in [-0.05, 0) is 79.4 Å². The van der Waals surface area contributed by atoms with Crippen molar-refractivity contribution in [2.45, 2.75) is 24.8 Å². The number of carbonyl (C=O) groups is 1. The highest BCUT2D eigenvalue weighted by Crippen LogP contribution is 2.47. The zero-order valence-electron chi connectivity index (χ0n) is 20.9. The van der Waals surface area contributed by atoms with Crippen LogP contribution < -0.4 is 0 Å². The molecule has 3 aromatic heterocycles. The van der Waals surface area contributed by atoms with Gasteiger partial charge >= 0.3 is 0 Å². The second-order valence-corrected chi connectivity index (χ2v) is 11.7. The van der Waals surface area contributed by atoms with Crippen molar-refractivity contribution in [3.05, 3.63) is 95.0 Å². The maximum Gasteiger partial charge on any atom is 0.260 e. The molecule has 0 spiro atoms. The average Bonchev–Trinajstić information content (AvgIpc) is 3.53. The lowest BCUT2D eigenvalue weighted by molar-refractivity contribution is 0.0769. The van der Waals surface area contributed by atoms with E-state index in [9.17, 15) is 17.6 Å². The first kappa shape index (κ1) is 24.4. The van der Waals surface area contributed by atoms with Crippen LogP contribution in [0.5, 0.6) is 0 Å². The summed E-state index contributed by atoms with van der Waals surface area (Å²) in [7, 11) is -2.32. The lowest BCUT2D eigenvalue weighted by Crippen LogP contribution is -2.53. The van der Waals surface area contributed by atoms with Gasteiger partial charge in [-0.2, -0.15) is 14.5 Å². The summed E-state index contributed by atoms with van der Waals surface area (Å²) in [6, 6.07) is 11.1. The molecule has 0 amide bonds. The van der Waals surface area contributed by atoms with E-state index in [-0.39, 0.29) is 36.1 Å². The fourth-order valence-electron chi connectivity index (χ4n) is 5.46. The molecule has 4 heterocycles. The van der Waals surface area contributed by atoms with Crippen LogP contribution in [0.25, 0.3) is 11.8 Å². The maximum absolute atomic E-state index is 14.2. The van der Waals surface area contributed by atoms with Crippen molar-refractivity contribution in [1.82, 2.24) is 28.9 Å². The summed E-state index contributed by atoms with van der Waals surface area (Å²) < 4.78 is 45.2. The number of nitrogens with zero attached hydrogens (tertiary/aromatic N) is 6. The molecule has 4 aromatic rings. The number of halogens is 1. The molecule has 0 bridgehead atoms. The van der Waals surface area contributed by atoms with Gasteiger partial charge in [-0.3, -0.25) is 14.5 Å². The van der Waals surface area contributed by atoms with Gasteiger partial charge in [-0.15, -0.1) is 0 Å². The minimum atomic E-state index is -3.90. The smallest absolute Gasteiger partial charge is 0.260 e. The number of Topliss-reactive ketones (excluding diaryl/α,β-unsaturated/α-hetero) is 1. The molecule has 1 aromatic carbocycles. The molecule has 38 heavy (non-hydrogen) atoms. The third kappa shape index (κ3) is 3.81. The standard InChI is InChI=1S/C27H25FN6O3S/c1-18-7-10-29-23(13-18)26(35)27-15-19-16-31-34(22-5-3-21(28)4-6-22)24(19)14-20(27)9-12-33(17-27)38(36,37)25-8-11-30-32(25)2/h3-8,10-11,13-14,16H,9,12,15,17H2,1-2H3. The van der Waals surface area contributed by atoms with Gasteiger partial charge in [-0.1, -0.05) is 5.57 Å². The summed E-state index contributed by atoms with van der Waals surface area (Å²) in [6.45, 7) is 2.08. The molecular formula is C27H25FN6O3S. The number of sulfonamides is 1. The minimum Gasteiger partial charge on any atom is -0.291 e. The molecule has 2 aliphatic rings. The van der Waals surface area contributed by atoms with Crippen molar-refractivity contribution >= 4 is 21.9 Å². The Morgan fingerprint density at radius 3 is 2.58 bits per heavy atom. The number of aromatic nitrogens is 5. The van der Waals surface area contributed by atoms with Gasteiger partial charge in [0.1, 0.15) is 11.5 Å². The van der Waals surface area contributed by atoms with Gasteiger partial charge in [0, 0.05) is 26.3 Å². The van der Waals surface area contributed by atoms with Crippen LogP contribution in [0.15, 0.2) is 71.7 Å². The number of piperidine rings is 1. The van der Waals surface area contributed by atoms with E-state index in [0.717, 1.165) is 22.4 Å². The normalized spacial score (nSPS) is 19.5. The molecular weight excluding hydrogens is 507 g/mol. The number of hydrogen-bond acceptors (Lipinski definition) is 6. The summed E-state index contributed by atoms with van der Waals surface area (Å²) in [5, 5.41) is 8.63. The fraction of sp³-hybridized carbons (Fsp3) is 0.259. The fourth-order valence-corrected chi connectivity index (χ4v) is 7.06. The molecule has 1 unspecified atom stereocenters. The monoisotopic (exact) mass is 532 g/mol. The number of aryl methyl sites for hydroxylation is 2. The van der Waals surface area contributed by atoms with Gasteiger partial charge < -0.3 is 0 Å². The molecule has 0 saturated carbocycles. The summed E-state index contributed by atoms with van der Waals surface area (Å²) >= 11 is 0. The molecule has 1 fully saturated rings. The first-order chi connectivity index (χ1) is 18.2. The topological polar surface area (TPSA) is 103 Å². The van der Waals surface area contributed by atoms with Crippen molar-refractivity contribution in [3.8, 4) is 5.69 Å². The molecule has 1 saturated heterocycles. The molecule has 6 rings (SSSR count). The third-order valence-corrected chi connectivity index (χ3v) is 9.34. The molecule has 11 heteroatoms. The average molecular weight is 533 g/mol. The number of rotatable bonds is 5. The van der Waals surface area contributed by atoms with Crippen LogP contribution in [0.4, 0.5) is 4.39 Å². The lowest BCUT2D eigenvalue weighted by atomic mass is 9.65. The zero-order chi connectivity index (χ0) is 26.7. The predicted octanol–water partition coefficient (Wildman–Crippen LogP) is 3.35. The number of ketones is 1.